The highest BCUT2D eigenvalue weighted by atomic mass is 32.1. The first-order valence-electron chi connectivity index (χ1n) is 8.16. The molecule has 1 aromatic heterocycles. The van der Waals surface area contributed by atoms with Gasteiger partial charge in [-0.25, -0.2) is 0 Å². The van der Waals surface area contributed by atoms with Gasteiger partial charge < -0.3 is 10.6 Å². The minimum Gasteiger partial charge on any atom is -0.356 e. The quantitative estimate of drug-likeness (QED) is 0.782. The average molecular weight is 331 g/mol. The molecule has 5 heteroatoms. The van der Waals surface area contributed by atoms with Gasteiger partial charge in [0.1, 0.15) is 0 Å². The van der Waals surface area contributed by atoms with Gasteiger partial charge in [-0.05, 0) is 56.6 Å². The normalized spacial score (nSPS) is 12.0. The number of rotatable bonds is 6. The van der Waals surface area contributed by atoms with Crippen molar-refractivity contribution in [3.05, 3.63) is 47.3 Å². The van der Waals surface area contributed by atoms with E-state index in [4.69, 9.17) is 12.2 Å². The predicted molar refractivity (Wildman–Crippen MR) is 101 cm³/mol. The van der Waals surface area contributed by atoms with Crippen molar-refractivity contribution in [1.29, 1.82) is 0 Å². The van der Waals surface area contributed by atoms with E-state index in [1.807, 2.05) is 24.9 Å². The van der Waals surface area contributed by atoms with Gasteiger partial charge in [0, 0.05) is 24.5 Å². The Labute approximate surface area is 144 Å². The maximum atomic E-state index is 5.42. The molecule has 0 fully saturated rings. The average Bonchev–Trinajstić information content (AvgIpc) is 2.85. The topological polar surface area (TPSA) is 41.9 Å². The number of benzene rings is 1. The Morgan fingerprint density at radius 3 is 2.57 bits per heavy atom. The summed E-state index contributed by atoms with van der Waals surface area (Å²) in [4.78, 5) is 0. The van der Waals surface area contributed by atoms with E-state index < -0.39 is 0 Å². The third-order valence-corrected chi connectivity index (χ3v) is 4.12. The second-order valence-electron chi connectivity index (χ2n) is 5.96. The molecule has 0 saturated heterocycles. The zero-order valence-electron chi connectivity index (χ0n) is 14.4. The molecule has 0 aliphatic carbocycles. The van der Waals surface area contributed by atoms with Gasteiger partial charge in [-0.2, -0.15) is 5.10 Å². The molecule has 0 aliphatic heterocycles. The fourth-order valence-corrected chi connectivity index (χ4v) is 2.91. The second kappa shape index (κ2) is 8.11. The van der Waals surface area contributed by atoms with Crippen molar-refractivity contribution in [1.82, 2.24) is 15.1 Å². The highest BCUT2D eigenvalue weighted by molar-refractivity contribution is 7.80. The Balaban J connectivity index is 1.90. The van der Waals surface area contributed by atoms with E-state index >= 15 is 0 Å². The van der Waals surface area contributed by atoms with Crippen LogP contribution in [0.1, 0.15) is 49.6 Å². The molecule has 4 nitrogen and oxygen atoms in total. The van der Waals surface area contributed by atoms with Gasteiger partial charge in [0.15, 0.2) is 5.11 Å². The first kappa shape index (κ1) is 17.5. The summed E-state index contributed by atoms with van der Waals surface area (Å²) in [6.07, 6.45) is 5.61. The van der Waals surface area contributed by atoms with Crippen LogP contribution in [0.15, 0.2) is 30.5 Å². The molecule has 2 rings (SSSR count). The highest BCUT2D eigenvalue weighted by Gasteiger charge is 2.12. The van der Waals surface area contributed by atoms with Crippen molar-refractivity contribution < 1.29 is 0 Å². The number of nitrogens with one attached hydrogen (secondary N) is 2. The summed E-state index contributed by atoms with van der Waals surface area (Å²) < 4.78 is 1.83. The first-order chi connectivity index (χ1) is 11.0. The first-order valence-corrected chi connectivity index (χ1v) is 8.57. The van der Waals surface area contributed by atoms with Gasteiger partial charge in [0.2, 0.25) is 0 Å². The van der Waals surface area contributed by atoms with Gasteiger partial charge in [-0.1, -0.05) is 25.5 Å². The van der Waals surface area contributed by atoms with Gasteiger partial charge in [0.25, 0.3) is 0 Å². The van der Waals surface area contributed by atoms with E-state index in [0.29, 0.717) is 5.11 Å². The number of thiocarbonyl (C=S) groups is 1. The molecule has 2 aromatic rings. The van der Waals surface area contributed by atoms with Crippen LogP contribution in [-0.2, 0) is 13.5 Å². The fraction of sp³-hybridized carbons (Fsp3) is 0.444. The molecule has 0 radical (unpaired) electrons. The molecule has 23 heavy (non-hydrogen) atoms. The predicted octanol–water partition coefficient (Wildman–Crippen LogP) is 4.12. The lowest BCUT2D eigenvalue weighted by molar-refractivity contribution is 0.715. The number of aromatic nitrogens is 2. The van der Waals surface area contributed by atoms with Gasteiger partial charge in [0.05, 0.1) is 11.7 Å². The third kappa shape index (κ3) is 5.06. The summed E-state index contributed by atoms with van der Waals surface area (Å²) in [5.74, 6) is 0. The van der Waals surface area contributed by atoms with Crippen LogP contribution in [-0.4, -0.2) is 14.9 Å². The number of hydrogen-bond acceptors (Lipinski definition) is 2. The Morgan fingerprint density at radius 1 is 1.30 bits per heavy atom. The molecule has 0 spiro atoms. The van der Waals surface area contributed by atoms with Crippen molar-refractivity contribution in [2.24, 2.45) is 7.05 Å². The van der Waals surface area contributed by atoms with Gasteiger partial charge in [-0.3, -0.25) is 4.68 Å². The van der Waals surface area contributed by atoms with Crippen LogP contribution < -0.4 is 10.6 Å². The summed E-state index contributed by atoms with van der Waals surface area (Å²) in [5, 5.41) is 11.6. The lowest BCUT2D eigenvalue weighted by Gasteiger charge is -2.16. The Kier molecular flexibility index (Phi) is 6.16. The van der Waals surface area contributed by atoms with Crippen LogP contribution in [0.4, 0.5) is 5.69 Å². The van der Waals surface area contributed by atoms with Gasteiger partial charge >= 0.3 is 0 Å². The van der Waals surface area contributed by atoms with Crippen LogP contribution in [0, 0.1) is 6.92 Å². The monoisotopic (exact) mass is 330 g/mol. The van der Waals surface area contributed by atoms with Crippen molar-refractivity contribution >= 4 is 23.0 Å². The molecule has 0 saturated carbocycles. The Morgan fingerprint density at radius 2 is 2.00 bits per heavy atom. The zero-order chi connectivity index (χ0) is 16.8. The molecule has 2 N–H and O–H groups in total. The van der Waals surface area contributed by atoms with Crippen LogP contribution >= 0.6 is 12.2 Å². The smallest absolute Gasteiger partial charge is 0.171 e. The third-order valence-electron chi connectivity index (χ3n) is 3.90. The molecular formula is C18H26N4S. The maximum absolute atomic E-state index is 5.42. The molecule has 1 heterocycles. The van der Waals surface area contributed by atoms with Crippen LogP contribution in [0.2, 0.25) is 0 Å². The molecule has 124 valence electrons. The van der Waals surface area contributed by atoms with Crippen LogP contribution in [0.25, 0.3) is 0 Å². The van der Waals surface area contributed by atoms with E-state index in [-0.39, 0.29) is 6.04 Å². The van der Waals surface area contributed by atoms with Crippen molar-refractivity contribution in [3.8, 4) is 0 Å². The molecule has 0 amide bonds. The van der Waals surface area contributed by atoms with E-state index in [1.54, 1.807) is 0 Å². The summed E-state index contributed by atoms with van der Waals surface area (Å²) in [6, 6.07) is 8.61. The molecule has 1 unspecified atom stereocenters. The zero-order valence-corrected chi connectivity index (χ0v) is 15.2. The van der Waals surface area contributed by atoms with Crippen molar-refractivity contribution in [3.63, 3.8) is 0 Å². The maximum Gasteiger partial charge on any atom is 0.171 e. The number of aryl methyl sites for hydroxylation is 3. The standard InChI is InChI=1S/C18H26N4S/c1-5-6-7-15-8-10-16(11-9-15)20-18(23)19-13(2)17-12-22(4)21-14(17)3/h8-13H,5-7H2,1-4H3,(H2,19,20,23). The Bertz CT molecular complexity index is 646. The summed E-state index contributed by atoms with van der Waals surface area (Å²) >= 11 is 5.42. The van der Waals surface area contributed by atoms with Gasteiger partial charge in [-0.15, -0.1) is 0 Å². The number of nitrogens with zero attached hydrogens (tertiary/aromatic N) is 2. The lowest BCUT2D eigenvalue weighted by atomic mass is 10.1. The minimum atomic E-state index is 0.118. The largest absolute Gasteiger partial charge is 0.356 e. The highest BCUT2D eigenvalue weighted by Crippen LogP contribution is 2.16. The van der Waals surface area contributed by atoms with E-state index in [9.17, 15) is 0 Å². The number of hydrogen-bond donors (Lipinski definition) is 2. The lowest BCUT2D eigenvalue weighted by Crippen LogP contribution is -2.31. The Hall–Kier alpha value is -1.88. The van der Waals surface area contributed by atoms with Crippen LogP contribution in [0.5, 0.6) is 0 Å². The minimum absolute atomic E-state index is 0.118. The molecule has 0 aliphatic rings. The number of anilines is 1. The summed E-state index contributed by atoms with van der Waals surface area (Å²) in [6.45, 7) is 6.32. The SMILES string of the molecule is CCCCc1ccc(NC(=S)NC(C)c2cn(C)nc2C)cc1. The molecule has 1 atom stereocenters. The van der Waals surface area contributed by atoms with Crippen molar-refractivity contribution in [2.45, 2.75) is 46.1 Å². The summed E-state index contributed by atoms with van der Waals surface area (Å²) in [5.41, 5.74) is 4.57. The van der Waals surface area contributed by atoms with E-state index in [1.165, 1.54) is 18.4 Å². The van der Waals surface area contributed by atoms with Crippen molar-refractivity contribution in [2.75, 3.05) is 5.32 Å². The van der Waals surface area contributed by atoms with Crippen LogP contribution in [0.3, 0.4) is 0 Å². The molecular weight excluding hydrogens is 304 g/mol. The second-order valence-corrected chi connectivity index (χ2v) is 6.37. The molecule has 0 bridgehead atoms. The number of unbranched alkanes of at least 4 members (excludes halogenated alkanes) is 1. The van der Waals surface area contributed by atoms with E-state index in [2.05, 4.69) is 53.8 Å². The molecule has 1 aromatic carbocycles. The summed E-state index contributed by atoms with van der Waals surface area (Å²) in [7, 11) is 1.93. The fourth-order valence-electron chi connectivity index (χ4n) is 2.62. The van der Waals surface area contributed by atoms with E-state index in [0.717, 1.165) is 23.4 Å².